The molecule has 2 aliphatic heterocycles. The molecule has 0 aliphatic carbocycles. The van der Waals surface area contributed by atoms with E-state index >= 15 is 0 Å². The Morgan fingerprint density at radius 1 is 0.879 bits per heavy atom. The molecule has 11 nitrogen and oxygen atoms in total. The van der Waals surface area contributed by atoms with Gasteiger partial charge in [0.25, 0.3) is 0 Å². The van der Waals surface area contributed by atoms with Gasteiger partial charge in [0.1, 0.15) is 5.66 Å². The van der Waals surface area contributed by atoms with Crippen LogP contribution in [0.3, 0.4) is 0 Å². The lowest BCUT2D eigenvalue weighted by Crippen LogP contribution is -2.71. The Morgan fingerprint density at radius 3 is 1.91 bits per heavy atom. The van der Waals surface area contributed by atoms with Crippen molar-refractivity contribution in [3.8, 4) is 0 Å². The van der Waals surface area contributed by atoms with Gasteiger partial charge in [-0.25, -0.2) is 0 Å². The first-order chi connectivity index (χ1) is 15.6. The second-order valence-corrected chi connectivity index (χ2v) is 10.2. The maximum Gasteiger partial charge on any atom is 0.303 e. The summed E-state index contributed by atoms with van der Waals surface area (Å²) in [6.45, 7) is 12.7. The van der Waals surface area contributed by atoms with E-state index in [1.165, 1.54) is 0 Å². The van der Waals surface area contributed by atoms with Gasteiger partial charge in [-0.05, 0) is 51.4 Å². The van der Waals surface area contributed by atoms with Crippen molar-refractivity contribution in [2.24, 2.45) is 17.6 Å². The van der Waals surface area contributed by atoms with Gasteiger partial charge in [-0.1, -0.05) is 13.8 Å². The molecule has 2 unspecified atom stereocenters. The van der Waals surface area contributed by atoms with Crippen LogP contribution in [0.15, 0.2) is 0 Å². The molecule has 10 N–H and O–H groups in total. The molecule has 0 aromatic rings. The zero-order chi connectivity index (χ0) is 24.3. The van der Waals surface area contributed by atoms with Crippen molar-refractivity contribution in [3.63, 3.8) is 0 Å². The lowest BCUT2D eigenvalue weighted by atomic mass is 10.1. The molecule has 0 aromatic heterocycles. The van der Waals surface area contributed by atoms with Gasteiger partial charge >= 0.3 is 5.97 Å². The first kappa shape index (κ1) is 27.9. The molecule has 11 heteroatoms. The predicted octanol–water partition coefficient (Wildman–Crippen LogP) is -2.07. The Kier molecular flexibility index (Phi) is 11.4. The molecule has 2 fully saturated rings. The number of amides is 1. The zero-order valence-electron chi connectivity index (χ0n) is 20.6. The molecule has 2 bridgehead atoms. The smallest absolute Gasteiger partial charge is 0.303 e. The number of rotatable bonds is 5. The molecule has 192 valence electrons. The monoisotopic (exact) mass is 470 g/mol. The number of carbonyl (C=O) groups is 2. The highest BCUT2D eigenvalue weighted by Gasteiger charge is 2.34. The van der Waals surface area contributed by atoms with Crippen molar-refractivity contribution >= 4 is 11.9 Å². The Labute approximate surface area is 198 Å². The van der Waals surface area contributed by atoms with E-state index in [-0.39, 0.29) is 24.8 Å². The van der Waals surface area contributed by atoms with Crippen LogP contribution < -0.4 is 43.0 Å². The van der Waals surface area contributed by atoms with Gasteiger partial charge in [-0.2, -0.15) is 0 Å². The van der Waals surface area contributed by atoms with E-state index in [1.807, 2.05) is 0 Å². The zero-order valence-corrected chi connectivity index (χ0v) is 20.6. The SMILES string of the molecule is CC1CNC[C@]2(N)CNCC(C)CNC[C@](NC(=O)CCCC(=O)O)(CNC1)NC[C@@H](C)N2. The van der Waals surface area contributed by atoms with Gasteiger partial charge in [0.2, 0.25) is 5.91 Å². The summed E-state index contributed by atoms with van der Waals surface area (Å²) < 4.78 is 0. The molecule has 0 radical (unpaired) electrons. The summed E-state index contributed by atoms with van der Waals surface area (Å²) in [6, 6.07) is 0.0539. The number of aliphatic carboxylic acids is 1. The fraction of sp³-hybridized carbons (Fsp3) is 0.909. The molecule has 2 aliphatic rings. The van der Waals surface area contributed by atoms with E-state index in [0.29, 0.717) is 51.0 Å². The number of carbonyl (C=O) groups excluding carboxylic acids is 1. The van der Waals surface area contributed by atoms with Crippen molar-refractivity contribution in [2.45, 2.75) is 57.4 Å². The summed E-state index contributed by atoms with van der Waals surface area (Å²) in [5.41, 5.74) is 5.45. The molecule has 0 aromatic carbocycles. The lowest BCUT2D eigenvalue weighted by molar-refractivity contribution is -0.137. The highest BCUT2D eigenvalue weighted by molar-refractivity contribution is 5.77. The average molecular weight is 471 g/mol. The third-order valence-corrected chi connectivity index (χ3v) is 6.16. The van der Waals surface area contributed by atoms with Crippen molar-refractivity contribution < 1.29 is 14.7 Å². The Morgan fingerprint density at radius 2 is 1.39 bits per heavy atom. The van der Waals surface area contributed by atoms with Crippen LogP contribution >= 0.6 is 0 Å². The van der Waals surface area contributed by atoms with E-state index < -0.39 is 17.3 Å². The number of nitrogens with two attached hydrogens (primary N) is 1. The summed E-state index contributed by atoms with van der Waals surface area (Å²) in [5.74, 6) is -0.281. The molecule has 2 saturated heterocycles. The van der Waals surface area contributed by atoms with Crippen LogP contribution in [0.2, 0.25) is 0 Å². The standard InChI is InChI=1S/C22H46N8O3/c1-16-7-24-12-21(23)13-25-8-17(2)10-27-15-22(14-26-9-16,28-11-18(3)29-21)30-19(31)5-4-6-20(32)33/h16-18,24-29H,4-15,23H2,1-3H3,(H,30,31)(H,32,33)/t16?,17?,18-,21-,22-/m1/s1. The minimum Gasteiger partial charge on any atom is -0.481 e. The first-order valence-electron chi connectivity index (χ1n) is 12.3. The van der Waals surface area contributed by atoms with Gasteiger partial charge in [-0.15, -0.1) is 0 Å². The molecular formula is C22H46N8O3. The molecule has 0 spiro atoms. The van der Waals surface area contributed by atoms with E-state index in [1.54, 1.807) is 0 Å². The fourth-order valence-electron chi connectivity index (χ4n) is 4.40. The number of carboxylic acids is 1. The van der Waals surface area contributed by atoms with Crippen LogP contribution in [0, 0.1) is 11.8 Å². The van der Waals surface area contributed by atoms with E-state index in [0.717, 1.165) is 26.2 Å². The Bertz CT molecular complexity index is 598. The van der Waals surface area contributed by atoms with Crippen LogP contribution in [0.25, 0.3) is 0 Å². The lowest BCUT2D eigenvalue weighted by Gasteiger charge is -2.39. The molecule has 3 atom stereocenters. The van der Waals surface area contributed by atoms with Gasteiger partial charge < -0.3 is 37.4 Å². The molecule has 0 saturated carbocycles. The number of hydrogen-bond donors (Lipinski definition) is 9. The second kappa shape index (κ2) is 13.5. The second-order valence-electron chi connectivity index (χ2n) is 10.2. The minimum atomic E-state index is -0.887. The van der Waals surface area contributed by atoms with E-state index in [9.17, 15) is 9.59 Å². The molecule has 1 amide bonds. The molecular weight excluding hydrogens is 424 g/mol. The van der Waals surface area contributed by atoms with Gasteiger partial charge in [0.05, 0.1) is 5.66 Å². The van der Waals surface area contributed by atoms with Crippen LogP contribution in [0.5, 0.6) is 0 Å². The van der Waals surface area contributed by atoms with E-state index in [2.05, 4.69) is 58.0 Å². The number of hydrogen-bond acceptors (Lipinski definition) is 9. The van der Waals surface area contributed by atoms with Crippen molar-refractivity contribution in [2.75, 3.05) is 58.9 Å². The maximum absolute atomic E-state index is 12.8. The number of fused-ring (bicyclic) bond motifs is 5. The number of nitrogens with one attached hydrogen (secondary N) is 7. The molecule has 33 heavy (non-hydrogen) atoms. The summed E-state index contributed by atoms with van der Waals surface area (Å²) in [7, 11) is 0. The molecule has 2 rings (SSSR count). The topological polar surface area (TPSA) is 165 Å². The van der Waals surface area contributed by atoms with Gasteiger partial charge in [0.15, 0.2) is 0 Å². The Hall–Kier alpha value is -1.34. The summed E-state index contributed by atoms with van der Waals surface area (Å²) in [5, 5.41) is 33.3. The summed E-state index contributed by atoms with van der Waals surface area (Å²) >= 11 is 0. The fourth-order valence-corrected chi connectivity index (χ4v) is 4.40. The van der Waals surface area contributed by atoms with Crippen molar-refractivity contribution in [1.29, 1.82) is 0 Å². The maximum atomic E-state index is 12.8. The first-order valence-corrected chi connectivity index (χ1v) is 12.3. The predicted molar refractivity (Wildman–Crippen MR) is 130 cm³/mol. The highest BCUT2D eigenvalue weighted by Crippen LogP contribution is 2.07. The van der Waals surface area contributed by atoms with E-state index in [4.69, 9.17) is 10.8 Å². The third-order valence-electron chi connectivity index (χ3n) is 6.16. The highest BCUT2D eigenvalue weighted by atomic mass is 16.4. The Balaban J connectivity index is 2.24. The quantitative estimate of drug-likeness (QED) is 0.218. The van der Waals surface area contributed by atoms with Gasteiger partial charge in [-0.3, -0.25) is 20.2 Å². The van der Waals surface area contributed by atoms with Crippen molar-refractivity contribution in [1.82, 2.24) is 37.2 Å². The van der Waals surface area contributed by atoms with Crippen LogP contribution in [-0.2, 0) is 9.59 Å². The van der Waals surface area contributed by atoms with Gasteiger partial charge in [0, 0.05) is 51.6 Å². The third kappa shape index (κ3) is 10.6. The average Bonchev–Trinajstić information content (AvgIpc) is 2.72. The molecule has 2 heterocycles. The van der Waals surface area contributed by atoms with Crippen molar-refractivity contribution in [3.05, 3.63) is 0 Å². The minimum absolute atomic E-state index is 0.0150. The van der Waals surface area contributed by atoms with Crippen LogP contribution in [-0.4, -0.2) is 93.3 Å². The summed E-state index contributed by atoms with van der Waals surface area (Å²) in [6.07, 6.45) is 0.478. The summed E-state index contributed by atoms with van der Waals surface area (Å²) in [4.78, 5) is 23.6. The van der Waals surface area contributed by atoms with Crippen LogP contribution in [0.1, 0.15) is 40.0 Å². The number of carboxylic acid groups (broad SMARTS) is 1. The van der Waals surface area contributed by atoms with Crippen LogP contribution in [0.4, 0.5) is 0 Å². The largest absolute Gasteiger partial charge is 0.481 e. The normalized spacial score (nSPS) is 35.3.